The summed E-state index contributed by atoms with van der Waals surface area (Å²) in [5.74, 6) is 2.08. The summed E-state index contributed by atoms with van der Waals surface area (Å²) in [6, 6.07) is 76.7. The molecule has 0 aliphatic heterocycles. The van der Waals surface area contributed by atoms with E-state index in [1.165, 1.54) is 278 Å². The van der Waals surface area contributed by atoms with Gasteiger partial charge in [0.2, 0.25) is 17.1 Å². The maximum atomic E-state index is 8.34. The molecule has 576 valence electrons. The van der Waals surface area contributed by atoms with Crippen LogP contribution in [-0.4, -0.2) is 0 Å². The van der Waals surface area contributed by atoms with Crippen LogP contribution in [0.3, 0.4) is 0 Å². The van der Waals surface area contributed by atoms with Crippen LogP contribution >= 0.6 is 0 Å². The Hall–Kier alpha value is -9.57. The van der Waals surface area contributed by atoms with Gasteiger partial charge in [-0.05, 0) is 295 Å². The van der Waals surface area contributed by atoms with Gasteiger partial charge in [-0.25, -0.2) is 13.7 Å². The van der Waals surface area contributed by atoms with E-state index in [0.717, 1.165) is 41.1 Å². The lowest BCUT2D eigenvalue weighted by Gasteiger charge is -2.29. The fraction of sp³-hybridized carbons (Fsp3) is 0.378. The van der Waals surface area contributed by atoms with Crippen molar-refractivity contribution in [3.05, 3.63) is 302 Å². The van der Waals surface area contributed by atoms with E-state index in [4.69, 9.17) is 4.11 Å². The van der Waals surface area contributed by atoms with E-state index in [9.17, 15) is 0 Å². The number of pyridine rings is 3. The van der Waals surface area contributed by atoms with Gasteiger partial charge in [-0.3, -0.25) is 0 Å². The number of aryl methyl sites for hydroxylation is 9. The monoisotopic (exact) mass is 1500 g/mol. The molecular weight excluding hydrogens is 1380 g/mol. The van der Waals surface area contributed by atoms with Crippen LogP contribution in [0.15, 0.2) is 219 Å². The Balaban J connectivity index is 0.000000117. The largest absolute Gasteiger partial charge is 0.213 e. The molecule has 3 heteroatoms. The molecule has 0 bridgehead atoms. The van der Waals surface area contributed by atoms with E-state index in [2.05, 4.69) is 258 Å². The van der Waals surface area contributed by atoms with Gasteiger partial charge in [0.15, 0.2) is 18.6 Å². The fourth-order valence-electron chi connectivity index (χ4n) is 24.1. The molecule has 12 aromatic rings. The Kier molecular flexibility index (Phi) is 19.0. The van der Waals surface area contributed by atoms with Crippen LogP contribution in [0.4, 0.5) is 0 Å². The average molecular weight is 1500 g/mol. The zero-order chi connectivity index (χ0) is 80.1. The molecule has 0 unspecified atom stereocenters. The lowest BCUT2D eigenvalue weighted by molar-refractivity contribution is -0.660. The van der Waals surface area contributed by atoms with Gasteiger partial charge >= 0.3 is 0 Å². The third-order valence-electron chi connectivity index (χ3n) is 30.0. The van der Waals surface area contributed by atoms with Gasteiger partial charge in [0, 0.05) is 71.9 Å². The van der Waals surface area contributed by atoms with Crippen molar-refractivity contribution in [1.82, 2.24) is 0 Å². The van der Waals surface area contributed by atoms with Crippen molar-refractivity contribution in [2.75, 3.05) is 0 Å². The summed E-state index contributed by atoms with van der Waals surface area (Å²) < 4.78 is 31.8. The Morgan fingerprint density at radius 1 is 0.263 bits per heavy atom. The van der Waals surface area contributed by atoms with Crippen molar-refractivity contribution in [2.24, 2.45) is 21.1 Å². The first kappa shape index (κ1) is 71.0. The highest BCUT2D eigenvalue weighted by Crippen LogP contribution is 2.62. The molecule has 9 aliphatic carbocycles. The van der Waals surface area contributed by atoms with E-state index in [0.29, 0.717) is 17.4 Å². The average Bonchev–Trinajstić information content (AvgIpc) is 1.57. The smallest absolute Gasteiger partial charge is 0.201 e. The van der Waals surface area contributed by atoms with Gasteiger partial charge in [-0.1, -0.05) is 253 Å². The van der Waals surface area contributed by atoms with Crippen LogP contribution in [0.2, 0.25) is 0 Å². The number of hydrogen-bond donors (Lipinski definition) is 0. The van der Waals surface area contributed by atoms with Crippen LogP contribution in [0, 0.1) is 41.5 Å². The number of benzene rings is 9. The second kappa shape index (κ2) is 30.6. The van der Waals surface area contributed by atoms with Crippen LogP contribution in [0.5, 0.6) is 0 Å². The summed E-state index contributed by atoms with van der Waals surface area (Å²) in [6.45, 7) is 8.82. The molecule has 3 nitrogen and oxygen atoms in total. The second-order valence-electron chi connectivity index (χ2n) is 36.9. The van der Waals surface area contributed by atoms with E-state index in [1.807, 2.05) is 23.7 Å². The number of nitrogens with zero attached hydrogens (tertiary/aromatic N) is 3. The van der Waals surface area contributed by atoms with Crippen molar-refractivity contribution in [3.8, 4) is 101 Å². The minimum atomic E-state index is -2.21. The molecule has 3 aromatic heterocycles. The SMILES string of the molecule is Cc1ccc2c(c1)C1(CCCC1)c1cc(-c3cc(-c4ccccc4C)[n+](C)cc3C3CCCCC3)ccc1-2.Cc1ccccc1-c1cc(-c2ccc3c(c2)C2(CCCC2)c2cc(C4CCCCC4)ccc2-3)c(C2CCCCC2)c[n+]1C.[2H]C([2H])([2H])c1c[n+](C)c(-c2ccccc2C)cc1-c1ccc2c(c1)C1(CCCC1)c1cc(C)ccc1-2. The second-order valence-corrected chi connectivity index (χ2v) is 36.9. The molecule has 0 amide bonds. The normalized spacial score (nSPS) is 18.6. The van der Waals surface area contributed by atoms with Gasteiger partial charge in [-0.2, -0.15) is 0 Å². The van der Waals surface area contributed by atoms with Crippen molar-refractivity contribution in [1.29, 1.82) is 0 Å². The minimum Gasteiger partial charge on any atom is -0.201 e. The van der Waals surface area contributed by atoms with Crippen molar-refractivity contribution < 1.29 is 17.8 Å². The van der Waals surface area contributed by atoms with E-state index >= 15 is 0 Å². The van der Waals surface area contributed by atoms with Gasteiger partial charge in [-0.15, -0.1) is 0 Å². The standard InChI is InChI=1S/C42H48N.C37H40N.C32H32N/c1-29-13-9-10-18-34(29)41-27-37(38(28-43(41)2)31-16-7-4-8-17-31)33-20-22-36-35-21-19-32(30-14-5-3-6-15-30)25-39(35)42(40(36)26-33)23-11-12-24-42;1-25-15-17-30-31-18-16-28(22-35(31)37(34(30)21-25)19-9-10-20-37)32-23-36(29-14-8-7-11-26(29)2)38(3)24-33(32)27-12-5-4-6-13-27;1-21-11-13-26-27-14-12-24(18-30(27)32(29(26)17-21)15-7-8-16-32)28-19-31(33(4)20-23(28)3)25-10-6-5-9-22(25)2/h9-10,13,18-22,25-28,30-31H,3-8,11-12,14-17,23-24H2,1-2H3;7-8,11,14-18,21-24,27H,4-6,9-10,12-13,19-20H2,1-3H3;5-6,9-14,17-20H,7-8,15-16H2,1-4H3/q3*+1/i;;3D3. The summed E-state index contributed by atoms with van der Waals surface area (Å²) in [5.41, 5.74) is 45.1. The fourth-order valence-corrected chi connectivity index (χ4v) is 24.1. The number of hydrogen-bond acceptors (Lipinski definition) is 0. The molecule has 3 spiro atoms. The van der Waals surface area contributed by atoms with Crippen LogP contribution in [0.1, 0.15) is 279 Å². The van der Waals surface area contributed by atoms with E-state index < -0.39 is 6.85 Å². The first-order valence-electron chi connectivity index (χ1n) is 46.0. The van der Waals surface area contributed by atoms with E-state index in [-0.39, 0.29) is 16.2 Å². The predicted molar refractivity (Wildman–Crippen MR) is 475 cm³/mol. The molecule has 114 heavy (non-hydrogen) atoms. The van der Waals surface area contributed by atoms with Gasteiger partial charge in [0.05, 0.1) is 0 Å². The molecular formula is C111H120N3+3. The molecule has 9 aromatic carbocycles. The summed E-state index contributed by atoms with van der Waals surface area (Å²) in [6.07, 6.45) is 42.6. The summed E-state index contributed by atoms with van der Waals surface area (Å²) in [5, 5.41) is 0. The topological polar surface area (TPSA) is 11.6 Å². The Labute approximate surface area is 686 Å². The van der Waals surface area contributed by atoms with Gasteiger partial charge in [0.25, 0.3) is 0 Å². The highest BCUT2D eigenvalue weighted by molar-refractivity contribution is 5.89. The lowest BCUT2D eigenvalue weighted by Crippen LogP contribution is -2.32. The lowest BCUT2D eigenvalue weighted by atomic mass is 9.74. The molecule has 3 heterocycles. The maximum absolute atomic E-state index is 8.34. The molecule has 0 atom stereocenters. The highest BCUT2D eigenvalue weighted by atomic mass is 14.9. The first-order valence-corrected chi connectivity index (χ1v) is 44.5. The summed E-state index contributed by atoms with van der Waals surface area (Å²) in [7, 11) is 6.44. The van der Waals surface area contributed by atoms with E-state index in [1.54, 1.807) is 45.1 Å². The Morgan fingerprint density at radius 3 is 0.939 bits per heavy atom. The minimum absolute atomic E-state index is 0.0468. The third-order valence-corrected chi connectivity index (χ3v) is 30.0. The Morgan fingerprint density at radius 2 is 0.570 bits per heavy atom. The molecule has 9 aliphatic rings. The number of fused-ring (bicyclic) bond motifs is 15. The van der Waals surface area contributed by atoms with Crippen LogP contribution in [0.25, 0.3) is 101 Å². The molecule has 0 N–H and O–H groups in total. The zero-order valence-corrected chi connectivity index (χ0v) is 69.5. The molecule has 21 rings (SSSR count). The van der Waals surface area contributed by atoms with Gasteiger partial charge < -0.3 is 0 Å². The van der Waals surface area contributed by atoms with Crippen molar-refractivity contribution in [2.45, 2.75) is 249 Å². The molecule has 6 saturated carbocycles. The first-order chi connectivity index (χ1) is 56.9. The number of rotatable bonds is 9. The Bertz CT molecular complexity index is 5830. The molecule has 6 fully saturated rings. The number of aromatic nitrogens is 3. The summed E-state index contributed by atoms with van der Waals surface area (Å²) in [4.78, 5) is 0. The highest BCUT2D eigenvalue weighted by Gasteiger charge is 2.49. The maximum Gasteiger partial charge on any atom is 0.213 e. The zero-order valence-electron chi connectivity index (χ0n) is 72.5. The van der Waals surface area contributed by atoms with Crippen molar-refractivity contribution in [3.63, 3.8) is 0 Å². The summed E-state index contributed by atoms with van der Waals surface area (Å²) >= 11 is 0. The van der Waals surface area contributed by atoms with Crippen LogP contribution in [-0.2, 0) is 37.4 Å². The van der Waals surface area contributed by atoms with Crippen molar-refractivity contribution >= 4 is 0 Å². The predicted octanol–water partition coefficient (Wildman–Crippen LogP) is 28.1. The van der Waals surface area contributed by atoms with Crippen LogP contribution < -0.4 is 13.7 Å². The quantitative estimate of drug-likeness (QED) is 0.128. The molecule has 0 saturated heterocycles. The van der Waals surface area contributed by atoms with Gasteiger partial charge in [0.1, 0.15) is 21.1 Å². The third kappa shape index (κ3) is 13.0. The molecule has 0 radical (unpaired) electrons.